The van der Waals surface area contributed by atoms with Crippen molar-refractivity contribution in [3.63, 3.8) is 0 Å². The van der Waals surface area contributed by atoms with Crippen molar-refractivity contribution in [2.45, 2.75) is 58.5 Å². The molecule has 6 heteroatoms. The zero-order chi connectivity index (χ0) is 17.3. The van der Waals surface area contributed by atoms with E-state index in [1.165, 1.54) is 0 Å². The summed E-state index contributed by atoms with van der Waals surface area (Å²) in [6.07, 6.45) is 0. The molecule has 0 aromatic heterocycles. The van der Waals surface area contributed by atoms with Crippen LogP contribution in [0.15, 0.2) is 18.2 Å². The summed E-state index contributed by atoms with van der Waals surface area (Å²) in [7, 11) is -4.02. The minimum Gasteiger partial charge on any atom is -0.542 e. The molecule has 1 aromatic rings. The van der Waals surface area contributed by atoms with Gasteiger partial charge >= 0.3 is 5.97 Å². The summed E-state index contributed by atoms with van der Waals surface area (Å²) in [6.45, 7) is 16.8. The predicted molar refractivity (Wildman–Crippen MR) is 95.2 cm³/mol. The van der Waals surface area contributed by atoms with Crippen LogP contribution in [0.4, 0.5) is 0 Å². The lowest BCUT2D eigenvalue weighted by atomic mass is 10.2. The highest BCUT2D eigenvalue weighted by Gasteiger charge is 2.40. The minimum absolute atomic E-state index is 0.0188. The number of carbonyl (C=O) groups is 1. The molecule has 124 valence electrons. The lowest BCUT2D eigenvalue weighted by Gasteiger charge is -2.37. The van der Waals surface area contributed by atoms with Crippen LogP contribution in [0.25, 0.3) is 0 Å². The van der Waals surface area contributed by atoms with Gasteiger partial charge in [0.2, 0.25) is 8.32 Å². The molecule has 0 bridgehead atoms. The van der Waals surface area contributed by atoms with E-state index in [2.05, 4.69) is 53.5 Å². The number of aromatic carboxylic acids is 1. The molecule has 0 saturated heterocycles. The van der Waals surface area contributed by atoms with Gasteiger partial charge in [0, 0.05) is 0 Å². The summed E-state index contributed by atoms with van der Waals surface area (Å²) in [5.74, 6) is -0.0670. The van der Waals surface area contributed by atoms with E-state index in [0.717, 1.165) is 0 Å². The number of hydrogen-bond donors (Lipinski definition) is 1. The fourth-order valence-corrected chi connectivity index (χ4v) is 3.46. The number of rotatable bonds is 5. The summed E-state index contributed by atoms with van der Waals surface area (Å²) in [4.78, 5) is 11.6. The molecule has 0 atom stereocenters. The SMILES string of the molecule is CC(C)(C)[Si](C)(C)Oc1c(O[Si](C)(C)C)cccc1C(=O)O. The second-order valence-corrected chi connectivity index (χ2v) is 17.2. The van der Waals surface area contributed by atoms with E-state index in [1.54, 1.807) is 18.2 Å². The second-order valence-electron chi connectivity index (χ2n) is 8.01. The Balaban J connectivity index is 3.39. The van der Waals surface area contributed by atoms with Crippen molar-refractivity contribution in [3.05, 3.63) is 23.8 Å². The van der Waals surface area contributed by atoms with E-state index in [4.69, 9.17) is 8.85 Å². The Morgan fingerprint density at radius 3 is 2.00 bits per heavy atom. The van der Waals surface area contributed by atoms with Crippen molar-refractivity contribution in [3.8, 4) is 11.5 Å². The topological polar surface area (TPSA) is 55.8 Å². The van der Waals surface area contributed by atoms with Crippen LogP contribution in [0.3, 0.4) is 0 Å². The van der Waals surface area contributed by atoms with Crippen LogP contribution in [0, 0.1) is 0 Å². The molecule has 0 unspecified atom stereocenters. The molecule has 0 saturated carbocycles. The van der Waals surface area contributed by atoms with E-state index < -0.39 is 22.6 Å². The highest BCUT2D eigenvalue weighted by molar-refractivity contribution is 6.75. The highest BCUT2D eigenvalue weighted by atomic mass is 28.4. The van der Waals surface area contributed by atoms with Crippen molar-refractivity contribution in [1.82, 2.24) is 0 Å². The fraction of sp³-hybridized carbons (Fsp3) is 0.562. The quantitative estimate of drug-likeness (QED) is 0.768. The molecule has 0 aliphatic heterocycles. The third kappa shape index (κ3) is 4.61. The molecule has 0 aliphatic rings. The van der Waals surface area contributed by atoms with Crippen LogP contribution in [-0.2, 0) is 0 Å². The molecular formula is C16H28O4Si2. The molecule has 0 amide bonds. The van der Waals surface area contributed by atoms with E-state index in [1.807, 2.05) is 0 Å². The maximum atomic E-state index is 11.6. The van der Waals surface area contributed by atoms with Gasteiger partial charge in [0.25, 0.3) is 8.32 Å². The highest BCUT2D eigenvalue weighted by Crippen LogP contribution is 2.42. The Morgan fingerprint density at radius 2 is 1.59 bits per heavy atom. The van der Waals surface area contributed by atoms with Gasteiger partial charge in [-0.3, -0.25) is 0 Å². The monoisotopic (exact) mass is 340 g/mol. The van der Waals surface area contributed by atoms with Crippen molar-refractivity contribution < 1.29 is 18.8 Å². The maximum Gasteiger partial charge on any atom is 0.339 e. The normalized spacial score (nSPS) is 12.9. The molecule has 4 nitrogen and oxygen atoms in total. The second kappa shape index (κ2) is 6.08. The van der Waals surface area contributed by atoms with Gasteiger partial charge in [-0.2, -0.15) is 0 Å². The number of carboxylic acids is 1. The molecule has 1 N–H and O–H groups in total. The van der Waals surface area contributed by atoms with Gasteiger partial charge in [-0.25, -0.2) is 4.79 Å². The molecule has 1 aromatic carbocycles. The molecule has 0 radical (unpaired) electrons. The Morgan fingerprint density at radius 1 is 1.05 bits per heavy atom. The standard InChI is InChI=1S/C16H28O4Si2/c1-16(2,3)22(7,8)20-14-12(15(17)18)10-9-11-13(14)19-21(4,5)6/h9-11H,1-8H3,(H,17,18). The van der Waals surface area contributed by atoms with Crippen molar-refractivity contribution in [1.29, 1.82) is 0 Å². The molecule has 0 spiro atoms. The predicted octanol–water partition coefficient (Wildman–Crippen LogP) is 4.98. The lowest BCUT2D eigenvalue weighted by molar-refractivity contribution is 0.0694. The summed E-state index contributed by atoms with van der Waals surface area (Å²) in [6, 6.07) is 5.08. The zero-order valence-corrected chi connectivity index (χ0v) is 16.9. The molecule has 0 heterocycles. The van der Waals surface area contributed by atoms with E-state index in [0.29, 0.717) is 11.5 Å². The Labute approximate surface area is 135 Å². The molecule has 0 fully saturated rings. The first-order valence-electron chi connectivity index (χ1n) is 7.49. The first-order valence-corrected chi connectivity index (χ1v) is 13.8. The third-order valence-electron chi connectivity index (χ3n) is 3.79. The van der Waals surface area contributed by atoms with E-state index in [-0.39, 0.29) is 10.6 Å². The Kier molecular flexibility index (Phi) is 5.19. The van der Waals surface area contributed by atoms with Crippen molar-refractivity contribution in [2.75, 3.05) is 0 Å². The lowest BCUT2D eigenvalue weighted by Crippen LogP contribution is -2.44. The van der Waals surface area contributed by atoms with Gasteiger partial charge in [0.05, 0.1) is 0 Å². The molecule has 0 aliphatic carbocycles. The van der Waals surface area contributed by atoms with E-state index in [9.17, 15) is 9.90 Å². The van der Waals surface area contributed by atoms with Gasteiger partial charge < -0.3 is 14.0 Å². The Bertz CT molecular complexity index is 554. The van der Waals surface area contributed by atoms with Crippen LogP contribution in [-0.4, -0.2) is 27.7 Å². The summed E-state index contributed by atoms with van der Waals surface area (Å²) < 4.78 is 12.3. The maximum absolute atomic E-state index is 11.6. The smallest absolute Gasteiger partial charge is 0.339 e. The van der Waals surface area contributed by atoms with Gasteiger partial charge in [-0.05, 0) is 49.9 Å². The minimum atomic E-state index is -2.16. The van der Waals surface area contributed by atoms with Crippen LogP contribution < -0.4 is 8.85 Å². The first kappa shape index (κ1) is 18.8. The molecule has 1 rings (SSSR count). The first-order chi connectivity index (χ1) is 9.74. The average molecular weight is 341 g/mol. The van der Waals surface area contributed by atoms with Gasteiger partial charge in [0.1, 0.15) is 11.3 Å². The largest absolute Gasteiger partial charge is 0.542 e. The van der Waals surface area contributed by atoms with Crippen molar-refractivity contribution >= 4 is 22.6 Å². The van der Waals surface area contributed by atoms with Gasteiger partial charge in [0.15, 0.2) is 5.75 Å². The molecular weight excluding hydrogens is 312 g/mol. The zero-order valence-electron chi connectivity index (χ0n) is 14.9. The summed E-state index contributed by atoms with van der Waals surface area (Å²) in [5.41, 5.74) is 0.167. The summed E-state index contributed by atoms with van der Waals surface area (Å²) in [5, 5.41) is 9.46. The number of para-hydroxylation sites is 1. The van der Waals surface area contributed by atoms with Crippen LogP contribution in [0.2, 0.25) is 37.8 Å². The summed E-state index contributed by atoms with van der Waals surface area (Å²) >= 11 is 0. The third-order valence-corrected chi connectivity index (χ3v) is 8.95. The average Bonchev–Trinajstić information content (AvgIpc) is 2.27. The number of hydrogen-bond acceptors (Lipinski definition) is 3. The number of benzene rings is 1. The van der Waals surface area contributed by atoms with E-state index >= 15 is 0 Å². The van der Waals surface area contributed by atoms with Crippen LogP contribution in [0.1, 0.15) is 31.1 Å². The fourth-order valence-electron chi connectivity index (χ4n) is 1.61. The molecule has 22 heavy (non-hydrogen) atoms. The van der Waals surface area contributed by atoms with Gasteiger partial charge in [-0.15, -0.1) is 0 Å². The van der Waals surface area contributed by atoms with Crippen molar-refractivity contribution in [2.24, 2.45) is 0 Å². The van der Waals surface area contributed by atoms with Crippen LogP contribution in [0.5, 0.6) is 11.5 Å². The van der Waals surface area contributed by atoms with Gasteiger partial charge in [-0.1, -0.05) is 26.8 Å². The Hall–Kier alpha value is -1.28. The van der Waals surface area contributed by atoms with Crippen LogP contribution >= 0.6 is 0 Å². The number of carboxylic acid groups (broad SMARTS) is 1.